The monoisotopic (exact) mass is 473 g/mol. The highest BCUT2D eigenvalue weighted by atomic mass is 16.5. The zero-order chi connectivity index (χ0) is 24.9. The van der Waals surface area contributed by atoms with E-state index in [1.54, 1.807) is 43.4 Å². The summed E-state index contributed by atoms with van der Waals surface area (Å²) in [7, 11) is 4.49. The van der Waals surface area contributed by atoms with Crippen molar-refractivity contribution in [3.05, 3.63) is 101 Å². The number of hydrogen-bond acceptors (Lipinski definition) is 6. The van der Waals surface area contributed by atoms with Gasteiger partial charge in [-0.1, -0.05) is 48.5 Å². The fourth-order valence-electron chi connectivity index (χ4n) is 4.35. The van der Waals surface area contributed by atoms with Gasteiger partial charge in [-0.25, -0.2) is 4.79 Å². The Hall–Kier alpha value is -4.26. The number of benzene rings is 3. The number of nitrogens with zero attached hydrogens (tertiary/aromatic N) is 1. The molecule has 0 fully saturated rings. The second-order valence-electron chi connectivity index (χ2n) is 8.08. The zero-order valence-electron chi connectivity index (χ0n) is 19.9. The van der Waals surface area contributed by atoms with E-state index in [-0.39, 0.29) is 5.76 Å². The molecule has 1 aliphatic heterocycles. The molecule has 0 saturated carbocycles. The summed E-state index contributed by atoms with van der Waals surface area (Å²) in [6.07, 6.45) is 0.540. The molecule has 0 bridgehead atoms. The number of rotatable bonds is 8. The molecule has 3 aromatic carbocycles. The number of aliphatic hydroxyl groups excluding tert-OH is 1. The fourth-order valence-corrected chi connectivity index (χ4v) is 4.35. The van der Waals surface area contributed by atoms with Crippen LogP contribution in [-0.2, 0) is 16.0 Å². The van der Waals surface area contributed by atoms with Crippen LogP contribution in [0.25, 0.3) is 5.57 Å². The molecule has 0 spiro atoms. The van der Waals surface area contributed by atoms with Crippen molar-refractivity contribution < 1.29 is 28.9 Å². The first-order valence-corrected chi connectivity index (χ1v) is 11.2. The largest absolute Gasteiger partial charge is 0.503 e. The topological polar surface area (TPSA) is 85.3 Å². The van der Waals surface area contributed by atoms with Crippen LogP contribution in [0.1, 0.15) is 33.1 Å². The van der Waals surface area contributed by atoms with E-state index in [1.807, 2.05) is 48.5 Å². The van der Waals surface area contributed by atoms with E-state index < -0.39 is 17.9 Å². The van der Waals surface area contributed by atoms with Gasteiger partial charge in [0.15, 0.2) is 17.3 Å². The molecule has 7 heteroatoms. The van der Waals surface area contributed by atoms with Gasteiger partial charge >= 0.3 is 5.97 Å². The van der Waals surface area contributed by atoms with Gasteiger partial charge in [-0.2, -0.15) is 0 Å². The second-order valence-corrected chi connectivity index (χ2v) is 8.08. The predicted octanol–water partition coefficient (Wildman–Crippen LogP) is 4.59. The highest BCUT2D eigenvalue weighted by Gasteiger charge is 2.40. The fraction of sp³-hybridized carbons (Fsp3) is 0.214. The molecule has 180 valence electrons. The molecule has 1 heterocycles. The molecular formula is C28H27NO6. The summed E-state index contributed by atoms with van der Waals surface area (Å²) in [6, 6.07) is 21.4. The maximum absolute atomic E-state index is 13.2. The summed E-state index contributed by atoms with van der Waals surface area (Å²) in [5.41, 5.74) is 3.44. The summed E-state index contributed by atoms with van der Waals surface area (Å²) in [4.78, 5) is 26.8. The van der Waals surface area contributed by atoms with E-state index in [0.29, 0.717) is 35.6 Å². The van der Waals surface area contributed by atoms with Gasteiger partial charge in [-0.05, 0) is 47.4 Å². The standard InChI is InChI=1S/C28H27NO6/c1-33-22-14-9-18(17-23(22)34-2)15-16-29-25(20-10-12-21(13-11-20)28(32)35-3)24(26(30)27(29)31)19-7-5-4-6-8-19/h4-14,17,25,30H,15-16H2,1-3H3/t25-/m0/s1. The molecular weight excluding hydrogens is 446 g/mol. The lowest BCUT2D eigenvalue weighted by molar-refractivity contribution is -0.129. The first kappa shape index (κ1) is 23.9. The number of methoxy groups -OCH3 is 3. The van der Waals surface area contributed by atoms with Crippen molar-refractivity contribution in [3.8, 4) is 11.5 Å². The van der Waals surface area contributed by atoms with E-state index in [0.717, 1.165) is 16.7 Å². The van der Waals surface area contributed by atoms with Crippen LogP contribution >= 0.6 is 0 Å². The van der Waals surface area contributed by atoms with Gasteiger partial charge in [0.25, 0.3) is 5.91 Å². The lowest BCUT2D eigenvalue weighted by Crippen LogP contribution is -2.32. The van der Waals surface area contributed by atoms with Crippen LogP contribution in [0.15, 0.2) is 78.6 Å². The van der Waals surface area contributed by atoms with Gasteiger partial charge < -0.3 is 24.2 Å². The Bertz CT molecular complexity index is 1250. The first-order chi connectivity index (χ1) is 17.0. The Morgan fingerprint density at radius 1 is 0.914 bits per heavy atom. The minimum absolute atomic E-state index is 0.273. The Morgan fingerprint density at radius 3 is 2.23 bits per heavy atom. The van der Waals surface area contributed by atoms with Crippen molar-refractivity contribution in [1.29, 1.82) is 0 Å². The SMILES string of the molecule is COC(=O)c1ccc([C@H]2C(c3ccccc3)=C(O)C(=O)N2CCc2ccc(OC)c(OC)c2)cc1. The number of esters is 1. The van der Waals surface area contributed by atoms with E-state index in [9.17, 15) is 14.7 Å². The smallest absolute Gasteiger partial charge is 0.337 e. The van der Waals surface area contributed by atoms with Crippen molar-refractivity contribution in [3.63, 3.8) is 0 Å². The third kappa shape index (κ3) is 4.71. The molecule has 0 saturated heterocycles. The van der Waals surface area contributed by atoms with Gasteiger partial charge in [0, 0.05) is 12.1 Å². The lowest BCUT2D eigenvalue weighted by Gasteiger charge is -2.27. The molecule has 7 nitrogen and oxygen atoms in total. The number of amides is 1. The summed E-state index contributed by atoms with van der Waals surface area (Å²) in [6.45, 7) is 0.359. The van der Waals surface area contributed by atoms with Crippen LogP contribution in [0.3, 0.4) is 0 Å². The Balaban J connectivity index is 1.69. The minimum atomic E-state index is -0.517. The Morgan fingerprint density at radius 2 is 1.60 bits per heavy atom. The van der Waals surface area contributed by atoms with E-state index in [4.69, 9.17) is 14.2 Å². The minimum Gasteiger partial charge on any atom is -0.503 e. The average Bonchev–Trinajstić information content (AvgIpc) is 3.16. The van der Waals surface area contributed by atoms with Gasteiger partial charge in [0.1, 0.15) is 0 Å². The van der Waals surface area contributed by atoms with Gasteiger partial charge in [-0.15, -0.1) is 0 Å². The molecule has 0 aliphatic carbocycles. The molecule has 1 amide bonds. The predicted molar refractivity (Wildman–Crippen MR) is 131 cm³/mol. The second kappa shape index (κ2) is 10.3. The Kier molecular flexibility index (Phi) is 7.06. The van der Waals surface area contributed by atoms with E-state index in [1.165, 1.54) is 7.11 Å². The first-order valence-electron chi connectivity index (χ1n) is 11.2. The number of hydrogen-bond donors (Lipinski definition) is 1. The van der Waals surface area contributed by atoms with Crippen LogP contribution < -0.4 is 9.47 Å². The maximum atomic E-state index is 13.2. The number of aliphatic hydroxyl groups is 1. The van der Waals surface area contributed by atoms with Crippen molar-refractivity contribution in [2.75, 3.05) is 27.9 Å². The van der Waals surface area contributed by atoms with Crippen molar-refractivity contribution in [1.82, 2.24) is 4.90 Å². The highest BCUT2D eigenvalue weighted by molar-refractivity contribution is 6.05. The molecule has 3 aromatic rings. The lowest BCUT2D eigenvalue weighted by atomic mass is 9.93. The molecule has 0 aromatic heterocycles. The van der Waals surface area contributed by atoms with Crippen LogP contribution in [0.2, 0.25) is 0 Å². The molecule has 1 atom stereocenters. The number of ether oxygens (including phenoxy) is 3. The van der Waals surface area contributed by atoms with Crippen molar-refractivity contribution >= 4 is 17.4 Å². The number of carbonyl (C=O) groups excluding carboxylic acids is 2. The van der Waals surface area contributed by atoms with E-state index >= 15 is 0 Å². The quantitative estimate of drug-likeness (QED) is 0.482. The average molecular weight is 474 g/mol. The third-order valence-corrected chi connectivity index (χ3v) is 6.13. The van der Waals surface area contributed by atoms with Crippen molar-refractivity contribution in [2.45, 2.75) is 12.5 Å². The molecule has 4 rings (SSSR count). The Labute approximate surface area is 204 Å². The summed E-state index contributed by atoms with van der Waals surface area (Å²) in [5.74, 6) is 0.0874. The summed E-state index contributed by atoms with van der Waals surface area (Å²) < 4.78 is 15.5. The van der Waals surface area contributed by atoms with Crippen LogP contribution in [0.4, 0.5) is 0 Å². The molecule has 0 unspecified atom stereocenters. The van der Waals surface area contributed by atoms with Gasteiger partial charge in [0.05, 0.1) is 32.9 Å². The van der Waals surface area contributed by atoms with E-state index in [2.05, 4.69) is 0 Å². The van der Waals surface area contributed by atoms with Crippen LogP contribution in [-0.4, -0.2) is 49.8 Å². The van der Waals surface area contributed by atoms with Gasteiger partial charge in [0.2, 0.25) is 0 Å². The maximum Gasteiger partial charge on any atom is 0.337 e. The molecule has 1 aliphatic rings. The van der Waals surface area contributed by atoms with Crippen LogP contribution in [0, 0.1) is 0 Å². The van der Waals surface area contributed by atoms with Crippen LogP contribution in [0.5, 0.6) is 11.5 Å². The van der Waals surface area contributed by atoms with Crippen molar-refractivity contribution in [2.24, 2.45) is 0 Å². The molecule has 1 N–H and O–H groups in total. The highest BCUT2D eigenvalue weighted by Crippen LogP contribution is 2.43. The van der Waals surface area contributed by atoms with Gasteiger partial charge in [-0.3, -0.25) is 4.79 Å². The molecule has 35 heavy (non-hydrogen) atoms. The summed E-state index contributed by atoms with van der Waals surface area (Å²) >= 11 is 0. The summed E-state index contributed by atoms with van der Waals surface area (Å²) in [5, 5.41) is 10.9. The molecule has 0 radical (unpaired) electrons. The normalized spacial score (nSPS) is 15.3. The number of carbonyl (C=O) groups is 2. The third-order valence-electron chi connectivity index (χ3n) is 6.13. The zero-order valence-corrected chi connectivity index (χ0v) is 19.9.